The zero-order chi connectivity index (χ0) is 18.8. The van der Waals surface area contributed by atoms with Crippen molar-refractivity contribution in [2.24, 2.45) is 4.99 Å². The molecule has 2 aliphatic rings. The van der Waals surface area contributed by atoms with Gasteiger partial charge in [0.2, 0.25) is 5.91 Å². The number of halogens is 2. The topological polar surface area (TPSA) is 62.7 Å². The standard InChI is InChI=1S/C20H19F2N3O2/c21-12-1-3-18-15(9-12)16(20(26)25-18)11-23-14-2-4-19(17(22)10-14)24-13-5-7-27-8-6-13/h1-4,9-11,13,16,24H,5-8H2,(H,25,26). The maximum Gasteiger partial charge on any atom is 0.237 e. The van der Waals surface area contributed by atoms with E-state index in [2.05, 4.69) is 15.6 Å². The zero-order valence-electron chi connectivity index (χ0n) is 14.5. The Morgan fingerprint density at radius 3 is 2.74 bits per heavy atom. The van der Waals surface area contributed by atoms with Crippen LogP contribution in [-0.2, 0) is 9.53 Å². The molecular formula is C20H19F2N3O2. The summed E-state index contributed by atoms with van der Waals surface area (Å²) >= 11 is 0. The summed E-state index contributed by atoms with van der Waals surface area (Å²) in [5.41, 5.74) is 1.91. The summed E-state index contributed by atoms with van der Waals surface area (Å²) in [7, 11) is 0. The Hall–Kier alpha value is -2.80. The molecule has 7 heteroatoms. The van der Waals surface area contributed by atoms with Crippen LogP contribution in [0.1, 0.15) is 24.3 Å². The van der Waals surface area contributed by atoms with Crippen LogP contribution in [0.25, 0.3) is 0 Å². The SMILES string of the molecule is O=C1Nc2ccc(F)cc2C1C=Nc1ccc(NC2CCOCC2)c(F)c1. The zero-order valence-corrected chi connectivity index (χ0v) is 14.5. The third kappa shape index (κ3) is 3.83. The van der Waals surface area contributed by atoms with Crippen molar-refractivity contribution < 1.29 is 18.3 Å². The van der Waals surface area contributed by atoms with Gasteiger partial charge in [-0.3, -0.25) is 9.79 Å². The molecule has 140 valence electrons. The number of hydrogen-bond donors (Lipinski definition) is 2. The maximum absolute atomic E-state index is 14.4. The summed E-state index contributed by atoms with van der Waals surface area (Å²) in [6.45, 7) is 1.35. The smallest absolute Gasteiger partial charge is 0.237 e. The molecule has 1 atom stereocenters. The Morgan fingerprint density at radius 1 is 1.15 bits per heavy atom. The van der Waals surface area contributed by atoms with Gasteiger partial charge in [0.25, 0.3) is 0 Å². The van der Waals surface area contributed by atoms with Crippen LogP contribution < -0.4 is 10.6 Å². The first-order valence-corrected chi connectivity index (χ1v) is 8.88. The van der Waals surface area contributed by atoms with E-state index in [9.17, 15) is 13.6 Å². The van der Waals surface area contributed by atoms with Gasteiger partial charge in [-0.25, -0.2) is 8.78 Å². The Kier molecular flexibility index (Phi) is 4.85. The number of rotatable bonds is 4. The summed E-state index contributed by atoms with van der Waals surface area (Å²) in [4.78, 5) is 16.3. The number of amides is 1. The van der Waals surface area contributed by atoms with Crippen molar-refractivity contribution in [2.75, 3.05) is 23.8 Å². The van der Waals surface area contributed by atoms with Crippen LogP contribution in [0.5, 0.6) is 0 Å². The van der Waals surface area contributed by atoms with E-state index in [0.717, 1.165) is 12.8 Å². The second kappa shape index (κ2) is 7.44. The molecule has 1 saturated heterocycles. The Bertz CT molecular complexity index is 895. The molecule has 0 saturated carbocycles. The van der Waals surface area contributed by atoms with Crippen molar-refractivity contribution in [3.63, 3.8) is 0 Å². The molecule has 0 radical (unpaired) electrons. The van der Waals surface area contributed by atoms with E-state index in [1.165, 1.54) is 30.5 Å². The van der Waals surface area contributed by atoms with Crippen LogP contribution in [0.3, 0.4) is 0 Å². The number of aliphatic imine (C=N–C) groups is 1. The molecule has 2 N–H and O–H groups in total. The minimum atomic E-state index is -0.696. The van der Waals surface area contributed by atoms with Crippen LogP contribution in [-0.4, -0.2) is 31.4 Å². The number of carbonyl (C=O) groups excluding carboxylic acids is 1. The number of nitrogens with one attached hydrogen (secondary N) is 2. The third-order valence-corrected chi connectivity index (χ3v) is 4.80. The average molecular weight is 371 g/mol. The second-order valence-corrected chi connectivity index (χ2v) is 6.67. The number of fused-ring (bicyclic) bond motifs is 1. The third-order valence-electron chi connectivity index (χ3n) is 4.80. The summed E-state index contributed by atoms with van der Waals surface area (Å²) in [6.07, 6.45) is 3.10. The summed E-state index contributed by atoms with van der Waals surface area (Å²) in [5.74, 6) is -1.80. The first kappa shape index (κ1) is 17.6. The average Bonchev–Trinajstić information content (AvgIpc) is 2.97. The normalized spacial score (nSPS) is 19.9. The Morgan fingerprint density at radius 2 is 1.96 bits per heavy atom. The number of nitrogens with zero attached hydrogens (tertiary/aromatic N) is 1. The molecule has 0 spiro atoms. The van der Waals surface area contributed by atoms with Gasteiger partial charge in [-0.15, -0.1) is 0 Å². The summed E-state index contributed by atoms with van der Waals surface area (Å²) in [5, 5.41) is 5.87. The first-order valence-electron chi connectivity index (χ1n) is 8.88. The molecule has 1 fully saturated rings. The van der Waals surface area contributed by atoms with Crippen molar-refractivity contribution in [3.8, 4) is 0 Å². The molecule has 0 bridgehead atoms. The van der Waals surface area contributed by atoms with Crippen LogP contribution in [0.4, 0.5) is 25.8 Å². The Balaban J connectivity index is 1.49. The highest BCUT2D eigenvalue weighted by Gasteiger charge is 2.29. The molecule has 2 heterocycles. The van der Waals surface area contributed by atoms with E-state index in [-0.39, 0.29) is 11.9 Å². The van der Waals surface area contributed by atoms with E-state index in [1.54, 1.807) is 12.1 Å². The highest BCUT2D eigenvalue weighted by atomic mass is 19.1. The van der Waals surface area contributed by atoms with E-state index in [4.69, 9.17) is 4.74 Å². The fourth-order valence-electron chi connectivity index (χ4n) is 3.33. The number of carbonyl (C=O) groups is 1. The van der Waals surface area contributed by atoms with Crippen LogP contribution in [0.15, 0.2) is 41.4 Å². The lowest BCUT2D eigenvalue weighted by Gasteiger charge is -2.24. The number of ether oxygens (including phenoxy) is 1. The van der Waals surface area contributed by atoms with Crippen molar-refractivity contribution in [2.45, 2.75) is 24.8 Å². The second-order valence-electron chi connectivity index (χ2n) is 6.67. The van der Waals surface area contributed by atoms with Crippen molar-refractivity contribution >= 4 is 29.2 Å². The number of benzene rings is 2. The molecule has 2 aromatic rings. The Labute approximate surface area is 155 Å². The van der Waals surface area contributed by atoms with Gasteiger partial charge in [0.05, 0.1) is 11.4 Å². The van der Waals surface area contributed by atoms with Crippen molar-refractivity contribution in [1.82, 2.24) is 0 Å². The number of hydrogen-bond acceptors (Lipinski definition) is 4. The molecule has 2 aliphatic heterocycles. The fraction of sp³-hybridized carbons (Fsp3) is 0.300. The number of anilines is 2. The van der Waals surface area contributed by atoms with Crippen molar-refractivity contribution in [3.05, 3.63) is 53.6 Å². The van der Waals surface area contributed by atoms with Gasteiger partial charge in [-0.2, -0.15) is 0 Å². The van der Waals surface area contributed by atoms with Crippen LogP contribution in [0.2, 0.25) is 0 Å². The highest BCUT2D eigenvalue weighted by molar-refractivity contribution is 6.12. The van der Waals surface area contributed by atoms with Gasteiger partial charge in [-0.05, 0) is 48.7 Å². The molecular weight excluding hydrogens is 352 g/mol. The molecule has 1 amide bonds. The highest BCUT2D eigenvalue weighted by Crippen LogP contribution is 2.32. The van der Waals surface area contributed by atoms with Gasteiger partial charge < -0.3 is 15.4 Å². The van der Waals surface area contributed by atoms with Gasteiger partial charge in [0.15, 0.2) is 0 Å². The van der Waals surface area contributed by atoms with Gasteiger partial charge in [-0.1, -0.05) is 0 Å². The lowest BCUT2D eigenvalue weighted by Crippen LogP contribution is -2.28. The minimum Gasteiger partial charge on any atom is -0.381 e. The van der Waals surface area contributed by atoms with E-state index >= 15 is 0 Å². The molecule has 0 aromatic heterocycles. The maximum atomic E-state index is 14.4. The quantitative estimate of drug-likeness (QED) is 0.799. The van der Waals surface area contributed by atoms with E-state index in [0.29, 0.717) is 35.8 Å². The first-order chi connectivity index (χ1) is 13.1. The van der Waals surface area contributed by atoms with Gasteiger partial charge in [0, 0.05) is 37.2 Å². The monoisotopic (exact) mass is 371 g/mol. The molecule has 5 nitrogen and oxygen atoms in total. The summed E-state index contributed by atoms with van der Waals surface area (Å²) < 4.78 is 33.1. The molecule has 1 unspecified atom stereocenters. The largest absolute Gasteiger partial charge is 0.381 e. The minimum absolute atomic E-state index is 0.191. The van der Waals surface area contributed by atoms with E-state index < -0.39 is 17.6 Å². The van der Waals surface area contributed by atoms with E-state index in [1.807, 2.05) is 0 Å². The predicted octanol–water partition coefficient (Wildman–Crippen LogP) is 3.99. The fourth-order valence-corrected chi connectivity index (χ4v) is 3.33. The molecule has 27 heavy (non-hydrogen) atoms. The molecule has 4 rings (SSSR count). The van der Waals surface area contributed by atoms with Gasteiger partial charge in [0.1, 0.15) is 17.6 Å². The van der Waals surface area contributed by atoms with Crippen molar-refractivity contribution in [1.29, 1.82) is 0 Å². The lowest BCUT2D eigenvalue weighted by molar-refractivity contribution is -0.115. The molecule has 2 aromatic carbocycles. The summed E-state index contributed by atoms with van der Waals surface area (Å²) in [6, 6.07) is 8.95. The molecule has 0 aliphatic carbocycles. The lowest BCUT2D eigenvalue weighted by atomic mass is 10.0. The van der Waals surface area contributed by atoms with Gasteiger partial charge >= 0.3 is 0 Å². The van der Waals surface area contributed by atoms with Crippen LogP contribution in [0, 0.1) is 11.6 Å². The predicted molar refractivity (Wildman–Crippen MR) is 99.8 cm³/mol. The van der Waals surface area contributed by atoms with Crippen LogP contribution >= 0.6 is 0 Å².